The van der Waals surface area contributed by atoms with Gasteiger partial charge in [-0.05, 0) is 55.3 Å². The van der Waals surface area contributed by atoms with Crippen molar-refractivity contribution in [3.05, 3.63) is 17.1 Å². The van der Waals surface area contributed by atoms with Crippen LogP contribution in [-0.2, 0) is 15.0 Å². The number of aliphatic carboxylic acids is 1. The highest BCUT2D eigenvalue weighted by Gasteiger charge is 2.23. The minimum Gasteiger partial charge on any atom is -0.487 e. The van der Waals surface area contributed by atoms with Crippen LogP contribution in [-0.4, -0.2) is 62.2 Å². The molecule has 0 radical (unpaired) electrons. The Morgan fingerprint density at radius 1 is 1.19 bits per heavy atom. The molecule has 1 fully saturated rings. The van der Waals surface area contributed by atoms with Gasteiger partial charge in [0.2, 0.25) is 5.91 Å². The molecular weight excluding hydrogens is 534 g/mol. The summed E-state index contributed by atoms with van der Waals surface area (Å²) in [5.41, 5.74) is 7.40. The van der Waals surface area contributed by atoms with Gasteiger partial charge in [0.1, 0.15) is 0 Å². The molecule has 0 atom stereocenters. The van der Waals surface area contributed by atoms with E-state index >= 15 is 0 Å². The quantitative estimate of drug-likeness (QED) is 0.281. The van der Waals surface area contributed by atoms with Crippen molar-refractivity contribution in [2.75, 3.05) is 29.9 Å². The number of thiazole rings is 1. The number of fused-ring (bicyclic) bond motifs is 1. The number of hydrogen-bond donors (Lipinski definition) is 6. The minimum absolute atomic E-state index is 0.0143. The Labute approximate surface area is 232 Å². The molecule has 1 aromatic carbocycles. The normalized spacial score (nSPS) is 13.5. The number of carbonyl (C=O) groups excluding carboxylic acids is 1. The summed E-state index contributed by atoms with van der Waals surface area (Å²) >= 11 is 10.4. The number of thiocarbonyl (C=S) groups is 2. The Balaban J connectivity index is 0.000000440. The van der Waals surface area contributed by atoms with E-state index in [0.29, 0.717) is 0 Å². The van der Waals surface area contributed by atoms with Crippen LogP contribution < -0.4 is 21.3 Å². The fourth-order valence-corrected chi connectivity index (χ4v) is 4.51. The number of aromatic nitrogens is 1. The van der Waals surface area contributed by atoms with Crippen LogP contribution in [0, 0.1) is 5.92 Å². The van der Waals surface area contributed by atoms with Crippen molar-refractivity contribution in [2.24, 2.45) is 11.7 Å². The van der Waals surface area contributed by atoms with E-state index in [1.54, 1.807) is 11.3 Å². The molecule has 1 saturated heterocycles. The van der Waals surface area contributed by atoms with Gasteiger partial charge in [-0.25, -0.2) is 4.98 Å². The first kappa shape index (κ1) is 32.3. The third-order valence-electron chi connectivity index (χ3n) is 5.23. The maximum atomic E-state index is 10.1. The van der Waals surface area contributed by atoms with Crippen LogP contribution in [0.15, 0.2) is 12.1 Å². The lowest BCUT2D eigenvalue weighted by Crippen LogP contribution is -2.33. The van der Waals surface area contributed by atoms with Gasteiger partial charge in [0.05, 0.1) is 33.0 Å². The monoisotopic (exact) mass is 571 g/mol. The molecular formula is C24H37N5O5S3. The summed E-state index contributed by atoms with van der Waals surface area (Å²) in [6.07, 6.45) is 2.36. The third kappa shape index (κ3) is 12.3. The SMILES string of the molecule is CC(=O)NCCC(=O)O.CC1CCN(c2cc3nc(C(C)(C)C)sc3cc2NC(O)=S)CC1.NC(O)=S. The van der Waals surface area contributed by atoms with Crippen LogP contribution in [0.4, 0.5) is 11.4 Å². The number of anilines is 2. The average Bonchev–Trinajstić information content (AvgIpc) is 3.16. The lowest BCUT2D eigenvalue weighted by Gasteiger charge is -2.33. The predicted octanol–water partition coefficient (Wildman–Crippen LogP) is 4.47. The summed E-state index contributed by atoms with van der Waals surface area (Å²) in [6, 6.07) is 4.20. The Kier molecular flexibility index (Phi) is 12.9. The number of piperidine rings is 1. The van der Waals surface area contributed by atoms with Crippen LogP contribution in [0.1, 0.15) is 58.9 Å². The highest BCUT2D eigenvalue weighted by atomic mass is 32.1. The Morgan fingerprint density at radius 3 is 2.22 bits per heavy atom. The zero-order chi connectivity index (χ0) is 28.3. The molecule has 3 rings (SSSR count). The number of carboxylic acids is 1. The van der Waals surface area contributed by atoms with Gasteiger partial charge in [-0.2, -0.15) is 0 Å². The number of hydrogen-bond acceptors (Lipinski definition) is 7. The molecule has 1 amide bonds. The first-order chi connectivity index (χ1) is 17.1. The predicted molar refractivity (Wildman–Crippen MR) is 158 cm³/mol. The summed E-state index contributed by atoms with van der Waals surface area (Å²) in [6.45, 7) is 12.5. The number of nitrogens with two attached hydrogens (primary N) is 1. The number of amides is 1. The fourth-order valence-electron chi connectivity index (χ4n) is 3.36. The minimum atomic E-state index is -0.899. The summed E-state index contributed by atoms with van der Waals surface area (Å²) < 4.78 is 1.12. The number of benzene rings is 1. The van der Waals surface area contributed by atoms with Gasteiger partial charge in [-0.1, -0.05) is 27.7 Å². The Hall–Kier alpha value is -2.77. The highest BCUT2D eigenvalue weighted by molar-refractivity contribution is 7.80. The van der Waals surface area contributed by atoms with E-state index in [-0.39, 0.29) is 29.5 Å². The maximum absolute atomic E-state index is 10.1. The van der Waals surface area contributed by atoms with Gasteiger partial charge in [-0.15, -0.1) is 11.3 Å². The van der Waals surface area contributed by atoms with Crippen LogP contribution in [0.25, 0.3) is 10.2 Å². The Bertz CT molecular complexity index is 1070. The zero-order valence-corrected chi connectivity index (χ0v) is 24.3. The van der Waals surface area contributed by atoms with Crippen molar-refractivity contribution in [2.45, 2.75) is 59.3 Å². The zero-order valence-electron chi connectivity index (χ0n) is 21.8. The lowest BCUT2D eigenvalue weighted by molar-refractivity contribution is -0.136. The van der Waals surface area contributed by atoms with E-state index in [4.69, 9.17) is 27.4 Å². The van der Waals surface area contributed by atoms with Gasteiger partial charge in [-0.3, -0.25) is 9.59 Å². The largest absolute Gasteiger partial charge is 0.487 e. The number of aliphatic hydroxyl groups excluding tert-OH is 2. The van der Waals surface area contributed by atoms with E-state index in [9.17, 15) is 14.7 Å². The number of aliphatic hydroxyl groups is 2. The van der Waals surface area contributed by atoms with Crippen molar-refractivity contribution in [1.82, 2.24) is 10.3 Å². The molecule has 0 aliphatic carbocycles. The summed E-state index contributed by atoms with van der Waals surface area (Å²) in [5, 5.41) is 30.9. The van der Waals surface area contributed by atoms with Crippen molar-refractivity contribution in [3.8, 4) is 0 Å². The molecule has 1 aromatic heterocycles. The molecule has 7 N–H and O–H groups in total. The first-order valence-electron chi connectivity index (χ1n) is 11.7. The number of nitrogens with zero attached hydrogens (tertiary/aromatic N) is 2. The smallest absolute Gasteiger partial charge is 0.305 e. The van der Waals surface area contributed by atoms with Gasteiger partial charge in [0, 0.05) is 32.0 Å². The second-order valence-corrected chi connectivity index (χ2v) is 11.5. The van der Waals surface area contributed by atoms with Gasteiger partial charge in [0.15, 0.2) is 0 Å². The lowest BCUT2D eigenvalue weighted by atomic mass is 9.98. The number of carbonyl (C=O) groups is 2. The maximum Gasteiger partial charge on any atom is 0.305 e. The van der Waals surface area contributed by atoms with E-state index in [1.807, 2.05) is 0 Å². The van der Waals surface area contributed by atoms with Crippen molar-refractivity contribution in [3.63, 3.8) is 0 Å². The van der Waals surface area contributed by atoms with Crippen LogP contribution in [0.3, 0.4) is 0 Å². The molecule has 2 heterocycles. The van der Waals surface area contributed by atoms with Crippen LogP contribution in [0.2, 0.25) is 0 Å². The van der Waals surface area contributed by atoms with Gasteiger partial charge < -0.3 is 36.6 Å². The summed E-state index contributed by atoms with van der Waals surface area (Å²) in [4.78, 5) is 27.2. The van der Waals surface area contributed by atoms with Crippen molar-refractivity contribution in [1.29, 1.82) is 0 Å². The second-order valence-electron chi connectivity index (χ2n) is 9.67. The molecule has 206 valence electrons. The fraction of sp³-hybridized carbons (Fsp3) is 0.542. The second kappa shape index (κ2) is 14.8. The van der Waals surface area contributed by atoms with Gasteiger partial charge in [0.25, 0.3) is 10.3 Å². The molecule has 2 aromatic rings. The molecule has 37 heavy (non-hydrogen) atoms. The molecule has 0 unspecified atom stereocenters. The molecule has 1 aliphatic heterocycles. The molecule has 0 bridgehead atoms. The van der Waals surface area contributed by atoms with Gasteiger partial charge >= 0.3 is 5.97 Å². The average molecular weight is 572 g/mol. The van der Waals surface area contributed by atoms with E-state index in [2.05, 4.69) is 73.3 Å². The molecule has 10 nitrogen and oxygen atoms in total. The topological polar surface area (TPSA) is 161 Å². The standard InChI is InChI=1S/C18H25N3OS2.C5H9NO3.CH3NOS/c1-11-5-7-21(8-6-11)14-9-13-15(10-12(14)20-17(22)23)24-16(19-13)18(2,3)4;1-4(7)6-3-2-5(8)9;2-1(3)4/h9-11H,5-8H2,1-4H3,(H2,20,22,23);2-3H2,1H3,(H,6,7)(H,8,9);(H3,2,3,4). The van der Waals surface area contributed by atoms with Crippen molar-refractivity contribution >= 4 is 79.6 Å². The Morgan fingerprint density at radius 2 is 1.76 bits per heavy atom. The summed E-state index contributed by atoms with van der Waals surface area (Å²) in [7, 11) is 0. The molecule has 13 heteroatoms. The number of nitrogens with one attached hydrogen (secondary N) is 2. The molecule has 0 spiro atoms. The van der Waals surface area contributed by atoms with Crippen molar-refractivity contribution < 1.29 is 24.9 Å². The summed E-state index contributed by atoms with van der Waals surface area (Å²) in [5.74, 6) is -0.327. The van der Waals surface area contributed by atoms with E-state index in [1.165, 1.54) is 19.8 Å². The first-order valence-corrected chi connectivity index (χ1v) is 13.4. The van der Waals surface area contributed by atoms with Crippen LogP contribution >= 0.6 is 35.8 Å². The van der Waals surface area contributed by atoms with E-state index < -0.39 is 11.1 Å². The molecule has 1 aliphatic rings. The van der Waals surface area contributed by atoms with E-state index in [0.717, 1.165) is 45.6 Å². The molecule has 0 saturated carbocycles. The highest BCUT2D eigenvalue weighted by Crippen LogP contribution is 2.38. The number of carboxylic acid groups (broad SMARTS) is 1. The van der Waals surface area contributed by atoms with Crippen LogP contribution in [0.5, 0.6) is 0 Å². The third-order valence-corrected chi connectivity index (χ3v) is 6.77. The number of rotatable bonds is 5.